The van der Waals surface area contributed by atoms with Gasteiger partial charge in [-0.15, -0.1) is 11.3 Å². The normalized spacial score (nSPS) is 10.9. The van der Waals surface area contributed by atoms with E-state index >= 15 is 0 Å². The molecule has 2 rings (SSSR count). The van der Waals surface area contributed by atoms with Crippen molar-refractivity contribution in [2.24, 2.45) is 0 Å². The van der Waals surface area contributed by atoms with Gasteiger partial charge in [0.25, 0.3) is 0 Å². The van der Waals surface area contributed by atoms with Crippen molar-refractivity contribution in [3.8, 4) is 10.7 Å². The maximum absolute atomic E-state index is 11.6. The topological polar surface area (TPSA) is 71.3 Å². The molecule has 0 radical (unpaired) electrons. The molecule has 6 nitrogen and oxygen atoms in total. The molecule has 0 saturated heterocycles. The van der Waals surface area contributed by atoms with E-state index < -0.39 is 0 Å². The number of hydrogen-bond acceptors (Lipinski definition) is 6. The highest BCUT2D eigenvalue weighted by molar-refractivity contribution is 7.13. The highest BCUT2D eigenvalue weighted by atomic mass is 32.1. The second-order valence-corrected chi connectivity index (χ2v) is 5.46. The van der Waals surface area contributed by atoms with Gasteiger partial charge in [-0.05, 0) is 24.9 Å². The maximum Gasteiger partial charge on any atom is 0.241 e. The summed E-state index contributed by atoms with van der Waals surface area (Å²) in [5.74, 6) is 1.12. The van der Waals surface area contributed by atoms with Gasteiger partial charge in [0.05, 0.1) is 18.0 Å². The molecule has 7 heteroatoms. The first kappa shape index (κ1) is 14.7. The van der Waals surface area contributed by atoms with Crippen LogP contribution in [0.2, 0.25) is 0 Å². The predicted molar refractivity (Wildman–Crippen MR) is 77.2 cm³/mol. The van der Waals surface area contributed by atoms with Gasteiger partial charge >= 0.3 is 0 Å². The lowest BCUT2D eigenvalue weighted by atomic mass is 10.4. The van der Waals surface area contributed by atoms with E-state index in [0.717, 1.165) is 11.3 Å². The summed E-state index contributed by atoms with van der Waals surface area (Å²) in [6.45, 7) is 3.50. The fourth-order valence-corrected chi connectivity index (χ4v) is 2.33. The zero-order valence-electron chi connectivity index (χ0n) is 11.6. The molecule has 1 N–H and O–H groups in total. The minimum absolute atomic E-state index is 0.00680. The van der Waals surface area contributed by atoms with E-state index in [4.69, 9.17) is 4.52 Å². The van der Waals surface area contributed by atoms with E-state index in [1.807, 2.05) is 36.4 Å². The van der Waals surface area contributed by atoms with Gasteiger partial charge in [0.15, 0.2) is 0 Å². The van der Waals surface area contributed by atoms with Gasteiger partial charge in [-0.1, -0.05) is 18.1 Å². The molecule has 0 aliphatic carbocycles. The summed E-state index contributed by atoms with van der Waals surface area (Å²) >= 11 is 1.57. The first-order valence-electron chi connectivity index (χ1n) is 6.50. The van der Waals surface area contributed by atoms with Crippen LogP contribution >= 0.6 is 11.3 Å². The standard InChI is InChI=1S/C13H18N4O2S/c1-3-6-14-11(18)8-17(2)9-12-15-13(16-19-12)10-5-4-7-20-10/h4-5,7H,3,6,8-9H2,1-2H3,(H,14,18). The lowest BCUT2D eigenvalue weighted by Crippen LogP contribution is -2.35. The fourth-order valence-electron chi connectivity index (χ4n) is 1.68. The Morgan fingerprint density at radius 1 is 1.55 bits per heavy atom. The van der Waals surface area contributed by atoms with Crippen molar-refractivity contribution >= 4 is 17.2 Å². The van der Waals surface area contributed by atoms with Crippen LogP contribution in [0.5, 0.6) is 0 Å². The molecular weight excluding hydrogens is 276 g/mol. The molecule has 20 heavy (non-hydrogen) atoms. The summed E-state index contributed by atoms with van der Waals surface area (Å²) in [4.78, 5) is 18.7. The van der Waals surface area contributed by atoms with Crippen LogP contribution in [-0.2, 0) is 11.3 Å². The van der Waals surface area contributed by atoms with Gasteiger partial charge in [-0.2, -0.15) is 4.98 Å². The third-order valence-corrected chi connectivity index (χ3v) is 3.47. The Hall–Kier alpha value is -1.73. The Labute approximate surface area is 121 Å². The minimum Gasteiger partial charge on any atom is -0.355 e. The van der Waals surface area contributed by atoms with Crippen LogP contribution in [0.1, 0.15) is 19.2 Å². The molecule has 2 heterocycles. The molecule has 0 atom stereocenters. The molecule has 108 valence electrons. The molecular formula is C13H18N4O2S. The van der Waals surface area contributed by atoms with E-state index in [-0.39, 0.29) is 5.91 Å². The van der Waals surface area contributed by atoms with Gasteiger partial charge < -0.3 is 9.84 Å². The van der Waals surface area contributed by atoms with Gasteiger partial charge in [0.2, 0.25) is 17.6 Å². The van der Waals surface area contributed by atoms with Crippen molar-refractivity contribution in [3.63, 3.8) is 0 Å². The molecule has 0 aromatic carbocycles. The van der Waals surface area contributed by atoms with Crippen LogP contribution < -0.4 is 5.32 Å². The molecule has 0 aliphatic rings. The zero-order valence-corrected chi connectivity index (χ0v) is 12.4. The Balaban J connectivity index is 1.85. The van der Waals surface area contributed by atoms with E-state index in [1.165, 1.54) is 0 Å². The Bertz CT molecular complexity index is 538. The van der Waals surface area contributed by atoms with E-state index in [0.29, 0.717) is 31.3 Å². The number of rotatable bonds is 7. The molecule has 0 spiro atoms. The fraction of sp³-hybridized carbons (Fsp3) is 0.462. The first-order valence-corrected chi connectivity index (χ1v) is 7.38. The summed E-state index contributed by atoms with van der Waals surface area (Å²) < 4.78 is 5.19. The van der Waals surface area contributed by atoms with Gasteiger partial charge in [0, 0.05) is 6.54 Å². The van der Waals surface area contributed by atoms with Crippen LogP contribution in [-0.4, -0.2) is 41.1 Å². The van der Waals surface area contributed by atoms with Crippen LogP contribution in [0.4, 0.5) is 0 Å². The molecule has 0 aliphatic heterocycles. The lowest BCUT2D eigenvalue weighted by molar-refractivity contribution is -0.122. The number of hydrogen-bond donors (Lipinski definition) is 1. The number of aromatic nitrogens is 2. The van der Waals surface area contributed by atoms with E-state index in [2.05, 4.69) is 15.5 Å². The Morgan fingerprint density at radius 2 is 2.40 bits per heavy atom. The van der Waals surface area contributed by atoms with Gasteiger partial charge in [-0.3, -0.25) is 9.69 Å². The molecule has 0 fully saturated rings. The monoisotopic (exact) mass is 294 g/mol. The van der Waals surface area contributed by atoms with Crippen molar-refractivity contribution in [2.45, 2.75) is 19.9 Å². The van der Waals surface area contributed by atoms with Gasteiger partial charge in [0.1, 0.15) is 0 Å². The first-order chi connectivity index (χ1) is 9.69. The summed E-state index contributed by atoms with van der Waals surface area (Å²) in [5.41, 5.74) is 0. The Kier molecular flexibility index (Phi) is 5.25. The number of carbonyl (C=O) groups is 1. The SMILES string of the molecule is CCCNC(=O)CN(C)Cc1nc(-c2cccs2)no1. The van der Waals surface area contributed by atoms with Crippen molar-refractivity contribution in [1.82, 2.24) is 20.4 Å². The average molecular weight is 294 g/mol. The number of nitrogens with zero attached hydrogens (tertiary/aromatic N) is 3. The second-order valence-electron chi connectivity index (χ2n) is 4.51. The van der Waals surface area contributed by atoms with Crippen molar-refractivity contribution < 1.29 is 9.32 Å². The number of carbonyl (C=O) groups excluding carboxylic acids is 1. The number of amides is 1. The van der Waals surface area contributed by atoms with Crippen LogP contribution in [0, 0.1) is 0 Å². The van der Waals surface area contributed by atoms with Crippen molar-refractivity contribution in [3.05, 3.63) is 23.4 Å². The minimum atomic E-state index is 0.00680. The van der Waals surface area contributed by atoms with E-state index in [1.54, 1.807) is 11.3 Å². The lowest BCUT2D eigenvalue weighted by Gasteiger charge is -2.13. The second kappa shape index (κ2) is 7.16. The molecule has 2 aromatic rings. The third kappa shape index (κ3) is 4.14. The smallest absolute Gasteiger partial charge is 0.241 e. The third-order valence-electron chi connectivity index (χ3n) is 2.60. The highest BCUT2D eigenvalue weighted by Crippen LogP contribution is 2.21. The zero-order chi connectivity index (χ0) is 14.4. The number of likely N-dealkylation sites (N-methyl/N-ethyl adjacent to an activating group) is 1. The summed E-state index contributed by atoms with van der Waals surface area (Å²) in [6.07, 6.45) is 0.934. The Morgan fingerprint density at radius 3 is 3.10 bits per heavy atom. The molecule has 1 amide bonds. The van der Waals surface area contributed by atoms with E-state index in [9.17, 15) is 4.79 Å². The number of thiophene rings is 1. The maximum atomic E-state index is 11.6. The molecule has 0 saturated carbocycles. The predicted octanol–water partition coefficient (Wildman–Crippen LogP) is 1.76. The summed E-state index contributed by atoms with van der Waals surface area (Å²) in [7, 11) is 1.85. The molecule has 2 aromatic heterocycles. The molecule has 0 unspecified atom stereocenters. The quantitative estimate of drug-likeness (QED) is 0.842. The summed E-state index contributed by atoms with van der Waals surface area (Å²) in [6, 6.07) is 3.89. The molecule has 0 bridgehead atoms. The van der Waals surface area contributed by atoms with Gasteiger partial charge in [-0.25, -0.2) is 0 Å². The van der Waals surface area contributed by atoms with Crippen LogP contribution in [0.25, 0.3) is 10.7 Å². The number of nitrogens with one attached hydrogen (secondary N) is 1. The summed E-state index contributed by atoms with van der Waals surface area (Å²) in [5, 5.41) is 8.74. The van der Waals surface area contributed by atoms with Crippen molar-refractivity contribution in [2.75, 3.05) is 20.1 Å². The largest absolute Gasteiger partial charge is 0.355 e. The van der Waals surface area contributed by atoms with Crippen LogP contribution in [0.3, 0.4) is 0 Å². The average Bonchev–Trinajstić information content (AvgIpc) is 3.06. The highest BCUT2D eigenvalue weighted by Gasteiger charge is 2.13. The van der Waals surface area contributed by atoms with Crippen molar-refractivity contribution in [1.29, 1.82) is 0 Å². The van der Waals surface area contributed by atoms with Crippen LogP contribution in [0.15, 0.2) is 22.0 Å².